The lowest BCUT2D eigenvalue weighted by Gasteiger charge is -1.97. The zero-order chi connectivity index (χ0) is 11.4. The number of H-pyrrole nitrogens is 1. The first-order valence-electron chi connectivity index (χ1n) is 5.01. The van der Waals surface area contributed by atoms with Crippen molar-refractivity contribution in [3.05, 3.63) is 46.4 Å². The third-order valence-corrected chi connectivity index (χ3v) is 2.73. The van der Waals surface area contributed by atoms with E-state index in [1.807, 2.05) is 24.3 Å². The van der Waals surface area contributed by atoms with Crippen LogP contribution < -0.4 is 5.56 Å². The number of aromatic nitrogens is 2. The summed E-state index contributed by atoms with van der Waals surface area (Å²) in [6.45, 7) is 0. The largest absolute Gasteiger partial charge is 0.272 e. The summed E-state index contributed by atoms with van der Waals surface area (Å²) in [5.74, 6) is 0. The molecule has 0 aliphatic rings. The van der Waals surface area contributed by atoms with Crippen LogP contribution in [0, 0.1) is 0 Å². The molecule has 0 aliphatic carbocycles. The molecule has 0 spiro atoms. The van der Waals surface area contributed by atoms with Gasteiger partial charge >= 0.3 is 0 Å². The fourth-order valence-electron chi connectivity index (χ4n) is 1.50. The van der Waals surface area contributed by atoms with Crippen LogP contribution >= 0.6 is 15.9 Å². The van der Waals surface area contributed by atoms with Crippen molar-refractivity contribution in [2.45, 2.75) is 6.42 Å². The highest BCUT2D eigenvalue weighted by atomic mass is 79.9. The Labute approximate surface area is 101 Å². The van der Waals surface area contributed by atoms with E-state index >= 15 is 0 Å². The van der Waals surface area contributed by atoms with Gasteiger partial charge in [0.05, 0.1) is 11.6 Å². The van der Waals surface area contributed by atoms with Gasteiger partial charge in [0.15, 0.2) is 0 Å². The lowest BCUT2D eigenvalue weighted by atomic mass is 10.1. The summed E-state index contributed by atoms with van der Waals surface area (Å²) < 4.78 is 0. The van der Waals surface area contributed by atoms with E-state index in [0.29, 0.717) is 5.39 Å². The number of nitrogens with zero attached hydrogens (tertiary/aromatic N) is 1. The first-order chi connectivity index (χ1) is 7.81. The van der Waals surface area contributed by atoms with Gasteiger partial charge in [-0.15, -0.1) is 0 Å². The second kappa shape index (κ2) is 5.07. The summed E-state index contributed by atoms with van der Waals surface area (Å²) in [6.07, 6.45) is 6.79. The average Bonchev–Trinajstić information content (AvgIpc) is 2.30. The Bertz CT molecular complexity index is 574. The minimum Gasteiger partial charge on any atom is -0.267 e. The summed E-state index contributed by atoms with van der Waals surface area (Å²) in [7, 11) is 0. The molecule has 1 N–H and O–H groups in total. The van der Waals surface area contributed by atoms with Crippen molar-refractivity contribution in [3.8, 4) is 0 Å². The Hall–Kier alpha value is -1.42. The molecular formula is C12H11BrN2O. The number of halogens is 1. The van der Waals surface area contributed by atoms with E-state index in [9.17, 15) is 4.79 Å². The van der Waals surface area contributed by atoms with Crippen LogP contribution in [0.1, 0.15) is 12.0 Å². The number of benzene rings is 1. The molecule has 82 valence electrons. The molecule has 2 rings (SSSR count). The van der Waals surface area contributed by atoms with Gasteiger partial charge in [0, 0.05) is 10.7 Å². The molecule has 1 heterocycles. The van der Waals surface area contributed by atoms with Gasteiger partial charge in [-0.2, -0.15) is 5.10 Å². The van der Waals surface area contributed by atoms with Crippen molar-refractivity contribution in [3.63, 3.8) is 0 Å². The predicted octanol–water partition coefficient (Wildman–Crippen LogP) is 2.72. The Kier molecular flexibility index (Phi) is 3.51. The Balaban J connectivity index is 2.41. The van der Waals surface area contributed by atoms with Gasteiger partial charge in [0.25, 0.3) is 5.56 Å². The molecule has 1 aromatic carbocycles. The van der Waals surface area contributed by atoms with E-state index in [-0.39, 0.29) is 5.56 Å². The zero-order valence-corrected chi connectivity index (χ0v) is 10.2. The molecule has 0 unspecified atom stereocenters. The molecule has 1 aromatic heterocycles. The van der Waals surface area contributed by atoms with Gasteiger partial charge in [-0.1, -0.05) is 34.1 Å². The van der Waals surface area contributed by atoms with Gasteiger partial charge < -0.3 is 0 Å². The number of fused-ring (bicyclic) bond motifs is 1. The quantitative estimate of drug-likeness (QED) is 0.878. The second-order valence-electron chi connectivity index (χ2n) is 3.43. The summed E-state index contributed by atoms with van der Waals surface area (Å²) in [6, 6.07) is 5.72. The number of allylic oxidation sites excluding steroid dienone is 1. The van der Waals surface area contributed by atoms with E-state index in [1.54, 1.807) is 6.20 Å². The Morgan fingerprint density at radius 3 is 3.12 bits per heavy atom. The maximum absolute atomic E-state index is 11.4. The highest BCUT2D eigenvalue weighted by molar-refractivity contribution is 9.09. The van der Waals surface area contributed by atoms with E-state index in [4.69, 9.17) is 0 Å². The molecule has 4 heteroatoms. The molecule has 2 aromatic rings. The van der Waals surface area contributed by atoms with Gasteiger partial charge in [0.2, 0.25) is 0 Å². The molecule has 0 atom stereocenters. The lowest BCUT2D eigenvalue weighted by Crippen LogP contribution is -2.06. The van der Waals surface area contributed by atoms with Crippen LogP contribution in [0.2, 0.25) is 0 Å². The summed E-state index contributed by atoms with van der Waals surface area (Å²) >= 11 is 3.37. The van der Waals surface area contributed by atoms with Crippen molar-refractivity contribution in [2.24, 2.45) is 0 Å². The number of alkyl halides is 1. The first-order valence-corrected chi connectivity index (χ1v) is 6.13. The molecule has 0 fully saturated rings. The number of hydrogen-bond donors (Lipinski definition) is 1. The molecule has 0 saturated heterocycles. The zero-order valence-electron chi connectivity index (χ0n) is 8.61. The van der Waals surface area contributed by atoms with Crippen molar-refractivity contribution < 1.29 is 0 Å². The highest BCUT2D eigenvalue weighted by Crippen LogP contribution is 2.12. The van der Waals surface area contributed by atoms with Crippen LogP contribution in [-0.2, 0) is 0 Å². The average molecular weight is 279 g/mol. The van der Waals surface area contributed by atoms with Crippen molar-refractivity contribution in [1.29, 1.82) is 0 Å². The minimum atomic E-state index is -0.145. The van der Waals surface area contributed by atoms with E-state index in [1.165, 1.54) is 0 Å². The predicted molar refractivity (Wildman–Crippen MR) is 69.8 cm³/mol. The monoisotopic (exact) mass is 278 g/mol. The summed E-state index contributed by atoms with van der Waals surface area (Å²) in [4.78, 5) is 11.4. The van der Waals surface area contributed by atoms with Crippen molar-refractivity contribution >= 4 is 32.8 Å². The fraction of sp³-hybridized carbons (Fsp3) is 0.167. The smallest absolute Gasteiger partial charge is 0.267 e. The van der Waals surface area contributed by atoms with Crippen LogP contribution in [0.15, 0.2) is 35.3 Å². The van der Waals surface area contributed by atoms with Crippen LogP contribution in [0.25, 0.3) is 16.8 Å². The summed E-state index contributed by atoms with van der Waals surface area (Å²) in [5, 5.41) is 8.69. The molecule has 0 aliphatic heterocycles. The number of rotatable bonds is 3. The first kappa shape index (κ1) is 11.1. The van der Waals surface area contributed by atoms with Crippen LogP contribution in [0.3, 0.4) is 0 Å². The Morgan fingerprint density at radius 1 is 1.44 bits per heavy atom. The maximum Gasteiger partial charge on any atom is 0.272 e. The Morgan fingerprint density at radius 2 is 2.31 bits per heavy atom. The van der Waals surface area contributed by atoms with Crippen molar-refractivity contribution in [2.75, 3.05) is 5.33 Å². The lowest BCUT2D eigenvalue weighted by molar-refractivity contribution is 1.01. The van der Waals surface area contributed by atoms with Crippen LogP contribution in [0.5, 0.6) is 0 Å². The molecule has 0 saturated carbocycles. The summed E-state index contributed by atoms with van der Waals surface area (Å²) in [5.41, 5.74) is 0.939. The fourth-order valence-corrected chi connectivity index (χ4v) is 1.77. The maximum atomic E-state index is 11.4. The molecule has 0 radical (unpaired) electrons. The molecule has 16 heavy (non-hydrogen) atoms. The van der Waals surface area contributed by atoms with E-state index < -0.39 is 0 Å². The topological polar surface area (TPSA) is 45.8 Å². The molecule has 3 nitrogen and oxygen atoms in total. The highest BCUT2D eigenvalue weighted by Gasteiger charge is 1.98. The van der Waals surface area contributed by atoms with Gasteiger partial charge in [-0.25, -0.2) is 5.10 Å². The second-order valence-corrected chi connectivity index (χ2v) is 4.22. The third kappa shape index (κ3) is 2.39. The third-order valence-electron chi connectivity index (χ3n) is 2.28. The van der Waals surface area contributed by atoms with Crippen molar-refractivity contribution in [1.82, 2.24) is 10.2 Å². The number of hydrogen-bond acceptors (Lipinski definition) is 2. The number of nitrogens with one attached hydrogen (secondary N) is 1. The van der Waals surface area contributed by atoms with Gasteiger partial charge in [-0.05, 0) is 24.1 Å². The van der Waals surface area contributed by atoms with Gasteiger partial charge in [-0.3, -0.25) is 4.79 Å². The number of aromatic amines is 1. The minimum absolute atomic E-state index is 0.145. The van der Waals surface area contributed by atoms with Gasteiger partial charge in [0.1, 0.15) is 0 Å². The molecule has 0 amide bonds. The normalized spacial score (nSPS) is 11.3. The van der Waals surface area contributed by atoms with E-state index in [2.05, 4.69) is 32.2 Å². The molecular weight excluding hydrogens is 268 g/mol. The van der Waals surface area contributed by atoms with Crippen LogP contribution in [-0.4, -0.2) is 15.5 Å². The SMILES string of the molecule is O=c1[nH]ncc2cc(C=CCCBr)ccc12. The van der Waals surface area contributed by atoms with Crippen LogP contribution in [0.4, 0.5) is 0 Å². The standard InChI is InChI=1S/C12H11BrN2O/c13-6-2-1-3-9-4-5-11-10(7-9)8-14-15-12(11)16/h1,3-5,7-8H,2,6H2,(H,15,16). The molecule has 0 bridgehead atoms. The van der Waals surface area contributed by atoms with E-state index in [0.717, 1.165) is 22.7 Å².